The molecule has 2 fully saturated rings. The van der Waals surface area contributed by atoms with E-state index in [0.717, 1.165) is 13.1 Å². The van der Waals surface area contributed by atoms with Crippen LogP contribution >= 0.6 is 0 Å². The first kappa shape index (κ1) is 12.2. The first-order valence-electron chi connectivity index (χ1n) is 7.23. The predicted octanol–water partition coefficient (Wildman–Crippen LogP) is 1.06. The fourth-order valence-corrected chi connectivity index (χ4v) is 3.17. The predicted molar refractivity (Wildman–Crippen MR) is 73.7 cm³/mol. The third kappa shape index (κ3) is 2.76. The monoisotopic (exact) mass is 248 g/mol. The van der Waals surface area contributed by atoms with E-state index in [1.54, 1.807) is 0 Å². The van der Waals surface area contributed by atoms with Crippen molar-refractivity contribution in [3.8, 4) is 0 Å². The standard InChI is InChI=1S/C14H24N4/c1-2-8-18(7-1)14(13-3-4-16-11-13)12-17-9-5-15-6-10-17/h3-4,11,14-16H,1-2,5-10,12H2. The first-order valence-corrected chi connectivity index (χ1v) is 7.23. The highest BCUT2D eigenvalue weighted by molar-refractivity contribution is 5.15. The summed E-state index contributed by atoms with van der Waals surface area (Å²) in [4.78, 5) is 8.47. The third-order valence-corrected chi connectivity index (χ3v) is 4.23. The van der Waals surface area contributed by atoms with Gasteiger partial charge in [0.1, 0.15) is 0 Å². The molecule has 0 saturated carbocycles. The molecular weight excluding hydrogens is 224 g/mol. The number of nitrogens with zero attached hydrogens (tertiary/aromatic N) is 2. The molecule has 0 aromatic carbocycles. The molecule has 3 rings (SSSR count). The summed E-state index contributed by atoms with van der Waals surface area (Å²) >= 11 is 0. The minimum absolute atomic E-state index is 0.580. The average Bonchev–Trinajstić information content (AvgIpc) is 3.11. The van der Waals surface area contributed by atoms with Crippen LogP contribution < -0.4 is 5.32 Å². The zero-order chi connectivity index (χ0) is 12.2. The Morgan fingerprint density at radius 3 is 2.56 bits per heavy atom. The first-order chi connectivity index (χ1) is 8.93. The van der Waals surface area contributed by atoms with Gasteiger partial charge in [0.2, 0.25) is 0 Å². The summed E-state index contributed by atoms with van der Waals surface area (Å²) in [6.07, 6.45) is 6.95. The fraction of sp³-hybridized carbons (Fsp3) is 0.714. The molecule has 2 saturated heterocycles. The number of aromatic amines is 1. The van der Waals surface area contributed by atoms with Gasteiger partial charge < -0.3 is 10.3 Å². The van der Waals surface area contributed by atoms with Gasteiger partial charge in [0.15, 0.2) is 0 Å². The van der Waals surface area contributed by atoms with E-state index in [0.29, 0.717) is 6.04 Å². The lowest BCUT2D eigenvalue weighted by Gasteiger charge is -2.35. The van der Waals surface area contributed by atoms with Gasteiger partial charge in [0.05, 0.1) is 0 Å². The normalized spacial score (nSPS) is 24.4. The third-order valence-electron chi connectivity index (χ3n) is 4.23. The van der Waals surface area contributed by atoms with Gasteiger partial charge in [0, 0.05) is 51.2 Å². The highest BCUT2D eigenvalue weighted by Gasteiger charge is 2.26. The Morgan fingerprint density at radius 2 is 1.89 bits per heavy atom. The summed E-state index contributed by atoms with van der Waals surface area (Å²) in [5, 5.41) is 3.43. The fourth-order valence-electron chi connectivity index (χ4n) is 3.17. The van der Waals surface area contributed by atoms with Crippen LogP contribution in [0.4, 0.5) is 0 Å². The summed E-state index contributed by atoms with van der Waals surface area (Å²) in [6.45, 7) is 8.37. The molecule has 1 atom stereocenters. The summed E-state index contributed by atoms with van der Waals surface area (Å²) in [5.41, 5.74) is 1.45. The molecule has 3 heterocycles. The van der Waals surface area contributed by atoms with E-state index in [1.165, 1.54) is 51.1 Å². The van der Waals surface area contributed by atoms with Crippen LogP contribution in [0.15, 0.2) is 18.5 Å². The number of rotatable bonds is 4. The molecule has 2 aliphatic heterocycles. The van der Waals surface area contributed by atoms with Gasteiger partial charge in [-0.05, 0) is 37.6 Å². The molecule has 100 valence electrons. The van der Waals surface area contributed by atoms with Gasteiger partial charge >= 0.3 is 0 Å². The molecule has 18 heavy (non-hydrogen) atoms. The lowest BCUT2D eigenvalue weighted by atomic mass is 10.1. The highest BCUT2D eigenvalue weighted by atomic mass is 15.2. The minimum Gasteiger partial charge on any atom is -0.367 e. The Balaban J connectivity index is 1.68. The van der Waals surface area contributed by atoms with E-state index >= 15 is 0 Å². The second-order valence-corrected chi connectivity index (χ2v) is 5.45. The van der Waals surface area contributed by atoms with Gasteiger partial charge in [-0.1, -0.05) is 0 Å². The van der Waals surface area contributed by atoms with Crippen LogP contribution in [0.2, 0.25) is 0 Å². The van der Waals surface area contributed by atoms with Crippen molar-refractivity contribution >= 4 is 0 Å². The smallest absolute Gasteiger partial charge is 0.0490 e. The van der Waals surface area contributed by atoms with Crippen LogP contribution in [0.1, 0.15) is 24.4 Å². The van der Waals surface area contributed by atoms with Crippen molar-refractivity contribution < 1.29 is 0 Å². The summed E-state index contributed by atoms with van der Waals surface area (Å²) < 4.78 is 0. The van der Waals surface area contributed by atoms with Crippen LogP contribution in [-0.2, 0) is 0 Å². The quantitative estimate of drug-likeness (QED) is 0.836. The maximum absolute atomic E-state index is 3.43. The Hall–Kier alpha value is -0.840. The van der Waals surface area contributed by atoms with Crippen molar-refractivity contribution in [1.82, 2.24) is 20.1 Å². The van der Waals surface area contributed by atoms with E-state index in [-0.39, 0.29) is 0 Å². The number of piperazine rings is 1. The number of hydrogen-bond acceptors (Lipinski definition) is 3. The Morgan fingerprint density at radius 1 is 1.11 bits per heavy atom. The van der Waals surface area contributed by atoms with Crippen LogP contribution in [0, 0.1) is 0 Å². The summed E-state index contributed by atoms with van der Waals surface area (Å²) in [6, 6.07) is 2.82. The molecule has 0 amide bonds. The largest absolute Gasteiger partial charge is 0.367 e. The molecule has 0 spiro atoms. The van der Waals surface area contributed by atoms with Crippen molar-refractivity contribution in [2.24, 2.45) is 0 Å². The van der Waals surface area contributed by atoms with Crippen molar-refractivity contribution in [2.45, 2.75) is 18.9 Å². The maximum atomic E-state index is 3.43. The van der Waals surface area contributed by atoms with Crippen LogP contribution in [0.25, 0.3) is 0 Å². The second-order valence-electron chi connectivity index (χ2n) is 5.45. The number of likely N-dealkylation sites (tertiary alicyclic amines) is 1. The van der Waals surface area contributed by atoms with Gasteiger partial charge in [-0.2, -0.15) is 0 Å². The molecule has 0 aliphatic carbocycles. The topological polar surface area (TPSA) is 34.3 Å². The van der Waals surface area contributed by atoms with Crippen molar-refractivity contribution in [1.29, 1.82) is 0 Å². The average molecular weight is 248 g/mol. The Kier molecular flexibility index (Phi) is 3.98. The lowest BCUT2D eigenvalue weighted by Crippen LogP contribution is -2.47. The van der Waals surface area contributed by atoms with Crippen LogP contribution in [0.3, 0.4) is 0 Å². The van der Waals surface area contributed by atoms with Crippen LogP contribution in [0.5, 0.6) is 0 Å². The van der Waals surface area contributed by atoms with Gasteiger partial charge in [0.25, 0.3) is 0 Å². The maximum Gasteiger partial charge on any atom is 0.0490 e. The van der Waals surface area contributed by atoms with Crippen molar-refractivity contribution in [2.75, 3.05) is 45.8 Å². The van der Waals surface area contributed by atoms with E-state index in [2.05, 4.69) is 38.6 Å². The van der Waals surface area contributed by atoms with E-state index in [4.69, 9.17) is 0 Å². The van der Waals surface area contributed by atoms with Gasteiger partial charge in [-0.3, -0.25) is 9.80 Å². The molecular formula is C14H24N4. The number of H-pyrrole nitrogens is 1. The Labute approximate surface area is 109 Å². The molecule has 0 bridgehead atoms. The number of nitrogens with one attached hydrogen (secondary N) is 2. The molecule has 1 aromatic rings. The SMILES string of the molecule is c1cc(C(CN2CCNCC2)N2CCCC2)c[nH]1. The number of hydrogen-bond donors (Lipinski definition) is 2. The lowest BCUT2D eigenvalue weighted by molar-refractivity contribution is 0.150. The molecule has 1 aromatic heterocycles. The molecule has 2 aliphatic rings. The van der Waals surface area contributed by atoms with E-state index in [1.807, 2.05) is 0 Å². The molecule has 4 heteroatoms. The highest BCUT2D eigenvalue weighted by Crippen LogP contribution is 2.25. The second kappa shape index (κ2) is 5.87. The van der Waals surface area contributed by atoms with Crippen molar-refractivity contribution in [3.63, 3.8) is 0 Å². The van der Waals surface area contributed by atoms with E-state index < -0.39 is 0 Å². The molecule has 2 N–H and O–H groups in total. The molecule has 0 radical (unpaired) electrons. The minimum atomic E-state index is 0.580. The summed E-state index contributed by atoms with van der Waals surface area (Å²) in [5.74, 6) is 0. The summed E-state index contributed by atoms with van der Waals surface area (Å²) in [7, 11) is 0. The zero-order valence-corrected chi connectivity index (χ0v) is 11.1. The van der Waals surface area contributed by atoms with Crippen LogP contribution in [-0.4, -0.2) is 60.6 Å². The molecule has 1 unspecified atom stereocenters. The van der Waals surface area contributed by atoms with Crippen molar-refractivity contribution in [3.05, 3.63) is 24.0 Å². The van der Waals surface area contributed by atoms with Gasteiger partial charge in [-0.15, -0.1) is 0 Å². The molecule has 4 nitrogen and oxygen atoms in total. The zero-order valence-electron chi connectivity index (χ0n) is 11.1. The Bertz CT molecular complexity index is 337. The van der Waals surface area contributed by atoms with Gasteiger partial charge in [-0.25, -0.2) is 0 Å². The number of aromatic nitrogens is 1. The van der Waals surface area contributed by atoms with E-state index in [9.17, 15) is 0 Å².